The average Bonchev–Trinajstić information content (AvgIpc) is 2.63. The van der Waals surface area contributed by atoms with E-state index < -0.39 is 0 Å². The fourth-order valence-corrected chi connectivity index (χ4v) is 2.50. The molecule has 7 nitrogen and oxygen atoms in total. The van der Waals surface area contributed by atoms with Gasteiger partial charge < -0.3 is 16.0 Å². The third kappa shape index (κ3) is 5.26. The minimum absolute atomic E-state index is 0.00684. The van der Waals surface area contributed by atoms with Crippen LogP contribution < -0.4 is 16.0 Å². The third-order valence-electron chi connectivity index (χ3n) is 3.96. The van der Waals surface area contributed by atoms with E-state index in [4.69, 9.17) is 0 Å². The maximum atomic E-state index is 11.8. The number of hydrogen-bond acceptors (Lipinski definition) is 6. The van der Waals surface area contributed by atoms with Gasteiger partial charge in [0.25, 0.3) is 0 Å². The van der Waals surface area contributed by atoms with Gasteiger partial charge in [-0.05, 0) is 55.8 Å². The molecule has 0 unspecified atom stereocenters. The number of aromatic nitrogens is 3. The molecule has 28 heavy (non-hydrogen) atoms. The standard InChI is InChI=1S/C21H24N6O/c1-13(2)21(28)26-17-7-5-16(6-8-17)25-19-12-20(24-15(4)23-19)27-18-11-14(3)9-10-22-18/h5-13H,1-4H3,(H,26,28)(H2,22,23,24,25,27). The lowest BCUT2D eigenvalue weighted by Gasteiger charge is -2.11. The number of carbonyl (C=O) groups is 1. The molecular formula is C21H24N6O. The molecule has 3 rings (SSSR count). The normalized spacial score (nSPS) is 10.6. The van der Waals surface area contributed by atoms with Gasteiger partial charge in [0.15, 0.2) is 0 Å². The van der Waals surface area contributed by atoms with Gasteiger partial charge in [-0.1, -0.05) is 13.8 Å². The summed E-state index contributed by atoms with van der Waals surface area (Å²) in [5, 5.41) is 9.34. The SMILES string of the molecule is Cc1ccnc(Nc2cc(Nc3ccc(NC(=O)C(C)C)cc3)nc(C)n2)c1. The molecule has 0 radical (unpaired) electrons. The Balaban J connectivity index is 1.72. The Labute approximate surface area is 164 Å². The predicted octanol–water partition coefficient (Wildman–Crippen LogP) is 4.57. The lowest BCUT2D eigenvalue weighted by Crippen LogP contribution is -2.17. The zero-order valence-corrected chi connectivity index (χ0v) is 16.4. The van der Waals surface area contributed by atoms with Crippen LogP contribution >= 0.6 is 0 Å². The largest absolute Gasteiger partial charge is 0.340 e. The van der Waals surface area contributed by atoms with E-state index in [2.05, 4.69) is 30.9 Å². The summed E-state index contributed by atoms with van der Waals surface area (Å²) in [7, 11) is 0. The molecule has 0 saturated heterocycles. The highest BCUT2D eigenvalue weighted by Crippen LogP contribution is 2.21. The molecule has 1 amide bonds. The number of aryl methyl sites for hydroxylation is 2. The Kier molecular flexibility index (Phi) is 5.84. The van der Waals surface area contributed by atoms with Crippen molar-refractivity contribution in [3.05, 3.63) is 60.0 Å². The molecule has 0 saturated carbocycles. The summed E-state index contributed by atoms with van der Waals surface area (Å²) in [6, 6.07) is 13.2. The Morgan fingerprint density at radius 3 is 2.14 bits per heavy atom. The van der Waals surface area contributed by atoms with Gasteiger partial charge in [0, 0.05) is 29.6 Å². The number of rotatable bonds is 6. The minimum Gasteiger partial charge on any atom is -0.340 e. The first-order valence-electron chi connectivity index (χ1n) is 9.12. The van der Waals surface area contributed by atoms with Crippen LogP contribution in [0.4, 0.5) is 28.8 Å². The Morgan fingerprint density at radius 2 is 1.50 bits per heavy atom. The molecule has 2 heterocycles. The first kappa shape index (κ1) is 19.3. The molecule has 0 spiro atoms. The van der Waals surface area contributed by atoms with Crippen molar-refractivity contribution < 1.29 is 4.79 Å². The van der Waals surface area contributed by atoms with E-state index in [9.17, 15) is 4.79 Å². The van der Waals surface area contributed by atoms with E-state index in [1.165, 1.54) is 0 Å². The summed E-state index contributed by atoms with van der Waals surface area (Å²) >= 11 is 0. The summed E-state index contributed by atoms with van der Waals surface area (Å²) in [4.78, 5) is 24.9. The van der Waals surface area contributed by atoms with E-state index in [1.807, 2.05) is 70.2 Å². The van der Waals surface area contributed by atoms with Gasteiger partial charge >= 0.3 is 0 Å². The molecule has 3 N–H and O–H groups in total. The van der Waals surface area contributed by atoms with E-state index >= 15 is 0 Å². The summed E-state index contributed by atoms with van der Waals surface area (Å²) in [5.74, 6) is 2.63. The second-order valence-electron chi connectivity index (χ2n) is 6.88. The number of pyridine rings is 1. The van der Waals surface area contributed by atoms with E-state index in [0.29, 0.717) is 17.5 Å². The molecule has 2 aromatic heterocycles. The molecular weight excluding hydrogens is 352 g/mol. The van der Waals surface area contributed by atoms with Crippen LogP contribution in [0.25, 0.3) is 0 Å². The van der Waals surface area contributed by atoms with Crippen molar-refractivity contribution in [2.45, 2.75) is 27.7 Å². The summed E-state index contributed by atoms with van der Waals surface area (Å²) in [5.41, 5.74) is 2.74. The molecule has 3 aromatic rings. The van der Waals surface area contributed by atoms with Crippen molar-refractivity contribution in [2.24, 2.45) is 5.92 Å². The molecule has 0 aliphatic heterocycles. The Hall–Kier alpha value is -3.48. The smallest absolute Gasteiger partial charge is 0.226 e. The zero-order valence-electron chi connectivity index (χ0n) is 16.4. The molecule has 0 atom stereocenters. The predicted molar refractivity (Wildman–Crippen MR) is 112 cm³/mol. The number of nitrogens with one attached hydrogen (secondary N) is 3. The highest BCUT2D eigenvalue weighted by molar-refractivity contribution is 5.92. The van der Waals surface area contributed by atoms with Crippen LogP contribution in [0.15, 0.2) is 48.7 Å². The zero-order chi connectivity index (χ0) is 20.1. The van der Waals surface area contributed by atoms with Crippen LogP contribution in [0.3, 0.4) is 0 Å². The Bertz CT molecular complexity index is 969. The van der Waals surface area contributed by atoms with Crippen molar-refractivity contribution >= 4 is 34.7 Å². The number of carbonyl (C=O) groups excluding carboxylic acids is 1. The fourth-order valence-electron chi connectivity index (χ4n) is 2.50. The first-order valence-corrected chi connectivity index (χ1v) is 9.12. The second kappa shape index (κ2) is 8.47. The first-order chi connectivity index (χ1) is 13.4. The van der Waals surface area contributed by atoms with Crippen LogP contribution in [0, 0.1) is 19.8 Å². The number of amides is 1. The van der Waals surface area contributed by atoms with Crippen LogP contribution in [0.5, 0.6) is 0 Å². The Morgan fingerprint density at radius 1 is 0.857 bits per heavy atom. The van der Waals surface area contributed by atoms with Gasteiger partial charge in [0.2, 0.25) is 5.91 Å². The van der Waals surface area contributed by atoms with Crippen molar-refractivity contribution in [2.75, 3.05) is 16.0 Å². The molecule has 144 valence electrons. The monoisotopic (exact) mass is 376 g/mol. The van der Waals surface area contributed by atoms with Crippen molar-refractivity contribution in [3.8, 4) is 0 Å². The number of anilines is 5. The lowest BCUT2D eigenvalue weighted by molar-refractivity contribution is -0.118. The lowest BCUT2D eigenvalue weighted by atomic mass is 10.2. The fraction of sp³-hybridized carbons (Fsp3) is 0.238. The number of nitrogens with zero attached hydrogens (tertiary/aromatic N) is 3. The maximum Gasteiger partial charge on any atom is 0.226 e. The topological polar surface area (TPSA) is 91.8 Å². The molecule has 0 aliphatic rings. The van der Waals surface area contributed by atoms with Crippen LogP contribution in [0.1, 0.15) is 25.2 Å². The van der Waals surface area contributed by atoms with Gasteiger partial charge in [-0.15, -0.1) is 0 Å². The van der Waals surface area contributed by atoms with Crippen LogP contribution in [-0.4, -0.2) is 20.9 Å². The highest BCUT2D eigenvalue weighted by atomic mass is 16.1. The average molecular weight is 376 g/mol. The quantitative estimate of drug-likeness (QED) is 0.584. The van der Waals surface area contributed by atoms with E-state index in [-0.39, 0.29) is 11.8 Å². The summed E-state index contributed by atoms with van der Waals surface area (Å²) in [6.45, 7) is 7.57. The molecule has 0 aliphatic carbocycles. The highest BCUT2D eigenvalue weighted by Gasteiger charge is 2.07. The van der Waals surface area contributed by atoms with Gasteiger partial charge in [0.05, 0.1) is 0 Å². The third-order valence-corrected chi connectivity index (χ3v) is 3.96. The van der Waals surface area contributed by atoms with Gasteiger partial charge in [-0.2, -0.15) is 0 Å². The molecule has 7 heteroatoms. The van der Waals surface area contributed by atoms with Crippen molar-refractivity contribution in [3.63, 3.8) is 0 Å². The summed E-state index contributed by atoms with van der Waals surface area (Å²) in [6.07, 6.45) is 1.75. The maximum absolute atomic E-state index is 11.8. The molecule has 1 aromatic carbocycles. The number of hydrogen-bond donors (Lipinski definition) is 3. The van der Waals surface area contributed by atoms with Crippen LogP contribution in [-0.2, 0) is 4.79 Å². The summed E-state index contributed by atoms with van der Waals surface area (Å²) < 4.78 is 0. The minimum atomic E-state index is -0.0596. The van der Waals surface area contributed by atoms with Crippen molar-refractivity contribution in [1.82, 2.24) is 15.0 Å². The van der Waals surface area contributed by atoms with Crippen molar-refractivity contribution in [1.29, 1.82) is 0 Å². The van der Waals surface area contributed by atoms with Crippen LogP contribution in [0.2, 0.25) is 0 Å². The number of benzene rings is 1. The molecule has 0 fully saturated rings. The van der Waals surface area contributed by atoms with E-state index in [1.54, 1.807) is 6.20 Å². The molecule has 0 bridgehead atoms. The second-order valence-corrected chi connectivity index (χ2v) is 6.88. The van der Waals surface area contributed by atoms with Gasteiger partial charge in [-0.3, -0.25) is 4.79 Å². The van der Waals surface area contributed by atoms with E-state index in [0.717, 1.165) is 22.8 Å². The van der Waals surface area contributed by atoms with Gasteiger partial charge in [0.1, 0.15) is 23.3 Å². The van der Waals surface area contributed by atoms with Gasteiger partial charge in [-0.25, -0.2) is 15.0 Å².